The van der Waals surface area contributed by atoms with Crippen molar-refractivity contribution in [2.45, 2.75) is 44.7 Å². The smallest absolute Gasteiger partial charge is 0.401 e. The van der Waals surface area contributed by atoms with Gasteiger partial charge in [-0.3, -0.25) is 15.0 Å². The van der Waals surface area contributed by atoms with Crippen LogP contribution in [0, 0.1) is 10.1 Å². The Balaban J connectivity index is 1.86. The zero-order valence-electron chi connectivity index (χ0n) is 15.0. The zero-order valence-corrected chi connectivity index (χ0v) is 16.0. The SMILES string of the molecule is C[Si](C)(C)CCOCn1cc([N+](=O)[O-])c(OC2CN(CC(F)(F)F)C2)n1. The van der Waals surface area contributed by atoms with Crippen molar-refractivity contribution in [2.24, 2.45) is 0 Å². The Hall–Kier alpha value is -1.66. The Labute approximate surface area is 150 Å². The van der Waals surface area contributed by atoms with Gasteiger partial charge in [-0.2, -0.15) is 13.2 Å². The van der Waals surface area contributed by atoms with Gasteiger partial charge < -0.3 is 9.47 Å². The molecule has 0 spiro atoms. The normalized spacial score (nSPS) is 16.5. The van der Waals surface area contributed by atoms with Crippen LogP contribution in [0.3, 0.4) is 0 Å². The lowest BCUT2D eigenvalue weighted by atomic mass is 10.1. The molecule has 2 heterocycles. The molecule has 148 valence electrons. The van der Waals surface area contributed by atoms with Gasteiger partial charge in [0.25, 0.3) is 0 Å². The molecule has 2 rings (SSSR count). The van der Waals surface area contributed by atoms with Crippen LogP contribution in [0.2, 0.25) is 25.7 Å². The molecule has 1 aliphatic heterocycles. The van der Waals surface area contributed by atoms with Gasteiger partial charge in [-0.15, -0.1) is 5.10 Å². The average molecular weight is 396 g/mol. The topological polar surface area (TPSA) is 82.7 Å². The van der Waals surface area contributed by atoms with Gasteiger partial charge in [0.05, 0.1) is 11.5 Å². The number of alkyl halides is 3. The van der Waals surface area contributed by atoms with Crippen LogP contribution in [0.5, 0.6) is 5.88 Å². The van der Waals surface area contributed by atoms with E-state index in [-0.39, 0.29) is 31.4 Å². The Kier molecular flexibility index (Phi) is 6.29. The molecule has 0 amide bonds. The Morgan fingerprint density at radius 2 is 2.04 bits per heavy atom. The molecule has 1 aromatic rings. The van der Waals surface area contributed by atoms with Gasteiger partial charge in [-0.1, -0.05) is 19.6 Å². The van der Waals surface area contributed by atoms with E-state index in [2.05, 4.69) is 24.7 Å². The minimum absolute atomic E-state index is 0.0518. The molecule has 0 atom stereocenters. The van der Waals surface area contributed by atoms with E-state index < -0.39 is 31.8 Å². The summed E-state index contributed by atoms with van der Waals surface area (Å²) < 4.78 is 49.0. The summed E-state index contributed by atoms with van der Waals surface area (Å²) >= 11 is 0. The van der Waals surface area contributed by atoms with Gasteiger partial charge >= 0.3 is 17.7 Å². The highest BCUT2D eigenvalue weighted by Gasteiger charge is 2.39. The number of likely N-dealkylation sites (tertiary alicyclic amines) is 1. The molecule has 1 aromatic heterocycles. The van der Waals surface area contributed by atoms with Gasteiger partial charge in [0.15, 0.2) is 0 Å². The lowest BCUT2D eigenvalue weighted by molar-refractivity contribution is -0.386. The van der Waals surface area contributed by atoms with Gasteiger partial charge in [0.2, 0.25) is 0 Å². The number of aromatic nitrogens is 2. The summed E-state index contributed by atoms with van der Waals surface area (Å²) in [6.45, 7) is 6.31. The quantitative estimate of drug-likeness (QED) is 0.276. The van der Waals surface area contributed by atoms with Crippen LogP contribution in [0.1, 0.15) is 0 Å². The number of nitrogens with zero attached hydrogens (tertiary/aromatic N) is 4. The molecule has 1 saturated heterocycles. The summed E-state index contributed by atoms with van der Waals surface area (Å²) in [4.78, 5) is 11.6. The second kappa shape index (κ2) is 7.92. The predicted molar refractivity (Wildman–Crippen MR) is 89.9 cm³/mol. The second-order valence-electron chi connectivity index (χ2n) is 7.51. The number of rotatable bonds is 9. The van der Waals surface area contributed by atoms with Crippen LogP contribution in [0.4, 0.5) is 18.9 Å². The third kappa shape index (κ3) is 6.57. The number of nitro groups is 1. The maximum Gasteiger partial charge on any atom is 0.401 e. The van der Waals surface area contributed by atoms with Crippen molar-refractivity contribution < 1.29 is 27.6 Å². The van der Waals surface area contributed by atoms with Crippen LogP contribution < -0.4 is 4.74 Å². The van der Waals surface area contributed by atoms with Crippen molar-refractivity contribution in [3.8, 4) is 5.88 Å². The fourth-order valence-electron chi connectivity index (χ4n) is 2.34. The Bertz CT molecular complexity index is 627. The minimum atomic E-state index is -4.27. The monoisotopic (exact) mass is 396 g/mol. The van der Waals surface area contributed by atoms with Crippen molar-refractivity contribution >= 4 is 13.8 Å². The van der Waals surface area contributed by atoms with Crippen molar-refractivity contribution in [3.63, 3.8) is 0 Å². The third-order valence-corrected chi connectivity index (χ3v) is 5.44. The first kappa shape index (κ1) is 20.6. The number of hydrogen-bond acceptors (Lipinski definition) is 6. The molecule has 0 radical (unpaired) electrons. The predicted octanol–water partition coefficient (Wildman–Crippen LogP) is 2.73. The van der Waals surface area contributed by atoms with E-state index >= 15 is 0 Å². The molecule has 1 aliphatic rings. The van der Waals surface area contributed by atoms with E-state index in [1.165, 1.54) is 10.9 Å². The van der Waals surface area contributed by atoms with E-state index in [1.54, 1.807) is 0 Å². The average Bonchev–Trinajstić information content (AvgIpc) is 2.82. The molecule has 0 bridgehead atoms. The first-order valence-corrected chi connectivity index (χ1v) is 11.9. The number of hydrogen-bond donors (Lipinski definition) is 0. The summed E-state index contributed by atoms with van der Waals surface area (Å²) in [6, 6.07) is 0.955. The highest BCUT2D eigenvalue weighted by Crippen LogP contribution is 2.28. The van der Waals surface area contributed by atoms with Gasteiger partial charge in [0.1, 0.15) is 19.0 Å². The number of halogens is 3. The molecule has 26 heavy (non-hydrogen) atoms. The van der Waals surface area contributed by atoms with Crippen LogP contribution in [-0.4, -0.2) is 66.2 Å². The molecule has 0 N–H and O–H groups in total. The fraction of sp³-hybridized carbons (Fsp3) is 0.786. The fourth-order valence-corrected chi connectivity index (χ4v) is 3.10. The Morgan fingerprint density at radius 3 is 2.58 bits per heavy atom. The van der Waals surface area contributed by atoms with Crippen LogP contribution in [0.15, 0.2) is 6.20 Å². The van der Waals surface area contributed by atoms with Gasteiger partial charge in [-0.25, -0.2) is 4.68 Å². The van der Waals surface area contributed by atoms with Crippen molar-refractivity contribution in [1.29, 1.82) is 0 Å². The van der Waals surface area contributed by atoms with Crippen molar-refractivity contribution in [3.05, 3.63) is 16.3 Å². The van der Waals surface area contributed by atoms with Crippen molar-refractivity contribution in [2.75, 3.05) is 26.2 Å². The highest BCUT2D eigenvalue weighted by atomic mass is 28.3. The number of ether oxygens (including phenoxy) is 2. The standard InChI is InChI=1S/C14H23F3N4O4Si/c1-26(2,3)5-4-24-10-20-8-12(21(22)23)13(18-20)25-11-6-19(7-11)9-14(15,16)17/h8,11H,4-7,9-10H2,1-3H3. The largest absolute Gasteiger partial charge is 0.466 e. The molecule has 0 unspecified atom stereocenters. The summed E-state index contributed by atoms with van der Waals surface area (Å²) in [6.07, 6.45) is -3.62. The second-order valence-corrected chi connectivity index (χ2v) is 13.1. The molecular weight excluding hydrogens is 373 g/mol. The summed E-state index contributed by atoms with van der Waals surface area (Å²) in [5, 5.41) is 15.1. The molecule has 12 heteroatoms. The summed E-state index contributed by atoms with van der Waals surface area (Å²) in [5.41, 5.74) is -0.326. The van der Waals surface area contributed by atoms with E-state index in [9.17, 15) is 23.3 Å². The molecule has 0 saturated carbocycles. The summed E-state index contributed by atoms with van der Waals surface area (Å²) in [7, 11) is -1.23. The molecule has 0 aromatic carbocycles. The van der Waals surface area contributed by atoms with Gasteiger partial charge in [0, 0.05) is 27.8 Å². The molecule has 1 fully saturated rings. The molecule has 8 nitrogen and oxygen atoms in total. The maximum absolute atomic E-state index is 12.3. The highest BCUT2D eigenvalue weighted by molar-refractivity contribution is 6.76. The third-order valence-electron chi connectivity index (χ3n) is 3.73. The van der Waals surface area contributed by atoms with E-state index in [1.807, 2.05) is 0 Å². The van der Waals surface area contributed by atoms with Crippen LogP contribution in [-0.2, 0) is 11.5 Å². The zero-order chi connectivity index (χ0) is 19.5. The van der Waals surface area contributed by atoms with Gasteiger partial charge in [-0.05, 0) is 6.04 Å². The molecular formula is C14H23F3N4O4Si. The maximum atomic E-state index is 12.3. The molecule has 0 aliphatic carbocycles. The lowest BCUT2D eigenvalue weighted by Crippen LogP contribution is -2.56. The van der Waals surface area contributed by atoms with E-state index in [0.29, 0.717) is 6.61 Å². The van der Waals surface area contributed by atoms with E-state index in [0.717, 1.165) is 10.9 Å². The summed E-state index contributed by atoms with van der Waals surface area (Å²) in [5.74, 6) is -0.194. The lowest BCUT2D eigenvalue weighted by Gasteiger charge is -2.38. The van der Waals surface area contributed by atoms with Crippen LogP contribution in [0.25, 0.3) is 0 Å². The van der Waals surface area contributed by atoms with Crippen molar-refractivity contribution in [1.82, 2.24) is 14.7 Å². The first-order valence-electron chi connectivity index (χ1n) is 8.18. The first-order chi connectivity index (χ1) is 11.9. The van der Waals surface area contributed by atoms with Crippen LogP contribution >= 0.6 is 0 Å². The Morgan fingerprint density at radius 1 is 1.38 bits per heavy atom. The van der Waals surface area contributed by atoms with E-state index in [4.69, 9.17) is 9.47 Å². The minimum Gasteiger partial charge on any atom is -0.466 e.